The van der Waals surface area contributed by atoms with Crippen molar-refractivity contribution in [2.75, 3.05) is 0 Å². The first kappa shape index (κ1) is 7.43. The average molecular weight is 117 g/mol. The predicted octanol–water partition coefficient (Wildman–Crippen LogP) is 0.538. The summed E-state index contributed by atoms with van der Waals surface area (Å²) in [7, 11) is 0. The van der Waals surface area contributed by atoms with Gasteiger partial charge in [-0.1, -0.05) is 13.8 Å². The highest BCUT2D eigenvalue weighted by atomic mass is 16.5. The summed E-state index contributed by atoms with van der Waals surface area (Å²) in [5.41, 5.74) is 1.58. The van der Waals surface area contributed by atoms with Gasteiger partial charge in [-0.2, -0.15) is 0 Å². The van der Waals surface area contributed by atoms with E-state index in [2.05, 4.69) is 0 Å². The molecule has 3 nitrogen and oxygen atoms in total. The maximum Gasteiger partial charge on any atom is 0.246 e. The Bertz CT molecular complexity index is 82.5. The average Bonchev–Trinajstić information content (AvgIpc) is 1.84. The van der Waals surface area contributed by atoms with Crippen molar-refractivity contribution < 1.29 is 10.0 Å². The van der Waals surface area contributed by atoms with E-state index in [9.17, 15) is 4.79 Å². The molecule has 0 saturated heterocycles. The molecule has 1 unspecified atom stereocenters. The lowest BCUT2D eigenvalue weighted by Gasteiger charge is -2.02. The fraction of sp³-hybridized carbons (Fsp3) is 0.800. The molecule has 0 fully saturated rings. The van der Waals surface area contributed by atoms with Crippen LogP contribution >= 0.6 is 0 Å². The van der Waals surface area contributed by atoms with Crippen molar-refractivity contribution in [3.8, 4) is 0 Å². The zero-order valence-electron chi connectivity index (χ0n) is 5.14. The number of nitrogens with one attached hydrogen (secondary N) is 1. The molecular weight excluding hydrogens is 106 g/mol. The highest BCUT2D eigenvalue weighted by Crippen LogP contribution is 1.97. The van der Waals surface area contributed by atoms with Gasteiger partial charge < -0.3 is 0 Å². The van der Waals surface area contributed by atoms with Crippen LogP contribution in [-0.2, 0) is 4.79 Å². The molecule has 0 heterocycles. The summed E-state index contributed by atoms with van der Waals surface area (Å²) in [4.78, 5) is 10.4. The molecule has 0 saturated carbocycles. The van der Waals surface area contributed by atoms with Crippen LogP contribution in [0.3, 0.4) is 0 Å². The molecule has 0 radical (unpaired) electrons. The van der Waals surface area contributed by atoms with Crippen molar-refractivity contribution in [3.05, 3.63) is 0 Å². The number of hydrogen-bond donors (Lipinski definition) is 2. The van der Waals surface area contributed by atoms with Crippen LogP contribution in [0, 0.1) is 5.92 Å². The molecular formula is C5H11NO2. The van der Waals surface area contributed by atoms with Crippen LogP contribution < -0.4 is 5.48 Å². The van der Waals surface area contributed by atoms with Crippen LogP contribution in [0.25, 0.3) is 0 Å². The zero-order chi connectivity index (χ0) is 6.57. The molecule has 0 aromatic carbocycles. The molecule has 1 atom stereocenters. The largest absolute Gasteiger partial charge is 0.289 e. The highest BCUT2D eigenvalue weighted by Gasteiger charge is 2.06. The molecule has 0 rings (SSSR count). The summed E-state index contributed by atoms with van der Waals surface area (Å²) >= 11 is 0. The fourth-order valence-electron chi connectivity index (χ4n) is 0.296. The number of hydroxylamine groups is 1. The maximum atomic E-state index is 10.4. The molecule has 0 bridgehead atoms. The summed E-state index contributed by atoms with van der Waals surface area (Å²) in [6.45, 7) is 3.64. The van der Waals surface area contributed by atoms with E-state index in [1.165, 1.54) is 0 Å². The van der Waals surface area contributed by atoms with Crippen molar-refractivity contribution in [1.29, 1.82) is 0 Å². The fourth-order valence-corrected chi connectivity index (χ4v) is 0.296. The minimum absolute atomic E-state index is 0.0833. The predicted molar refractivity (Wildman–Crippen MR) is 29.4 cm³/mol. The minimum atomic E-state index is -0.312. The van der Waals surface area contributed by atoms with Crippen LogP contribution in [0.5, 0.6) is 0 Å². The molecule has 0 aliphatic rings. The SMILES string of the molecule is CCC(C)C(=O)NO. The first-order valence-electron chi connectivity index (χ1n) is 2.66. The van der Waals surface area contributed by atoms with Gasteiger partial charge in [0.05, 0.1) is 0 Å². The van der Waals surface area contributed by atoms with Crippen molar-refractivity contribution in [3.63, 3.8) is 0 Å². The van der Waals surface area contributed by atoms with Gasteiger partial charge in [0.1, 0.15) is 0 Å². The van der Waals surface area contributed by atoms with Gasteiger partial charge in [-0.25, -0.2) is 5.48 Å². The topological polar surface area (TPSA) is 49.3 Å². The lowest BCUT2D eigenvalue weighted by atomic mass is 10.1. The maximum absolute atomic E-state index is 10.4. The van der Waals surface area contributed by atoms with Crippen LogP contribution in [0.1, 0.15) is 20.3 Å². The number of carbonyl (C=O) groups is 1. The summed E-state index contributed by atoms with van der Waals surface area (Å²) in [6.07, 6.45) is 0.756. The van der Waals surface area contributed by atoms with Gasteiger partial charge in [-0.3, -0.25) is 10.0 Å². The molecule has 3 heteroatoms. The summed E-state index contributed by atoms with van der Waals surface area (Å²) in [5, 5.41) is 8.04. The Morgan fingerprint density at radius 2 is 2.38 bits per heavy atom. The van der Waals surface area contributed by atoms with Gasteiger partial charge in [-0.05, 0) is 6.42 Å². The Morgan fingerprint density at radius 3 is 2.50 bits per heavy atom. The molecule has 0 aromatic rings. The molecule has 8 heavy (non-hydrogen) atoms. The van der Waals surface area contributed by atoms with Crippen LogP contribution in [0.15, 0.2) is 0 Å². The van der Waals surface area contributed by atoms with Gasteiger partial charge in [0.2, 0.25) is 5.91 Å². The van der Waals surface area contributed by atoms with E-state index in [1.807, 2.05) is 6.92 Å². The third-order valence-electron chi connectivity index (χ3n) is 1.17. The van der Waals surface area contributed by atoms with E-state index < -0.39 is 0 Å². The monoisotopic (exact) mass is 117 g/mol. The second-order valence-corrected chi connectivity index (χ2v) is 1.79. The molecule has 0 spiro atoms. The Kier molecular flexibility index (Phi) is 3.19. The van der Waals surface area contributed by atoms with E-state index in [-0.39, 0.29) is 11.8 Å². The quantitative estimate of drug-likeness (QED) is 0.409. The third-order valence-corrected chi connectivity index (χ3v) is 1.17. The molecule has 48 valence electrons. The molecule has 1 amide bonds. The Balaban J connectivity index is 3.46. The van der Waals surface area contributed by atoms with Gasteiger partial charge in [-0.15, -0.1) is 0 Å². The normalized spacial score (nSPS) is 12.9. The minimum Gasteiger partial charge on any atom is -0.289 e. The first-order chi connectivity index (χ1) is 3.72. The molecule has 0 aromatic heterocycles. The second-order valence-electron chi connectivity index (χ2n) is 1.79. The van der Waals surface area contributed by atoms with Crippen molar-refractivity contribution in [2.24, 2.45) is 5.92 Å². The van der Waals surface area contributed by atoms with Gasteiger partial charge in [0, 0.05) is 5.92 Å². The summed E-state index contributed by atoms with van der Waals surface area (Å²) < 4.78 is 0. The number of hydrogen-bond acceptors (Lipinski definition) is 2. The lowest BCUT2D eigenvalue weighted by Crippen LogP contribution is -2.25. The summed E-state index contributed by atoms with van der Waals surface area (Å²) in [5.74, 6) is -0.396. The highest BCUT2D eigenvalue weighted by molar-refractivity contribution is 5.76. The smallest absolute Gasteiger partial charge is 0.246 e. The molecule has 2 N–H and O–H groups in total. The standard InChI is InChI=1S/C5H11NO2/c1-3-4(2)5(7)6-8/h4,8H,3H2,1-2H3,(H,6,7). The van der Waals surface area contributed by atoms with Crippen molar-refractivity contribution in [1.82, 2.24) is 5.48 Å². The Labute approximate surface area is 48.7 Å². The van der Waals surface area contributed by atoms with E-state index in [1.54, 1.807) is 12.4 Å². The number of carbonyl (C=O) groups excluding carboxylic acids is 1. The van der Waals surface area contributed by atoms with Crippen LogP contribution in [0.4, 0.5) is 0 Å². The van der Waals surface area contributed by atoms with Gasteiger partial charge in [0.15, 0.2) is 0 Å². The lowest BCUT2D eigenvalue weighted by molar-refractivity contribution is -0.132. The van der Waals surface area contributed by atoms with E-state index in [0.717, 1.165) is 6.42 Å². The third kappa shape index (κ3) is 1.93. The summed E-state index contributed by atoms with van der Waals surface area (Å²) in [6, 6.07) is 0. The zero-order valence-corrected chi connectivity index (χ0v) is 5.14. The van der Waals surface area contributed by atoms with E-state index in [4.69, 9.17) is 5.21 Å². The number of rotatable bonds is 2. The van der Waals surface area contributed by atoms with Gasteiger partial charge in [0.25, 0.3) is 0 Å². The molecule has 0 aliphatic carbocycles. The Hall–Kier alpha value is -0.570. The first-order valence-corrected chi connectivity index (χ1v) is 2.66. The van der Waals surface area contributed by atoms with Crippen molar-refractivity contribution in [2.45, 2.75) is 20.3 Å². The second kappa shape index (κ2) is 3.43. The van der Waals surface area contributed by atoms with E-state index >= 15 is 0 Å². The van der Waals surface area contributed by atoms with Crippen molar-refractivity contribution >= 4 is 5.91 Å². The van der Waals surface area contributed by atoms with Gasteiger partial charge >= 0.3 is 0 Å². The van der Waals surface area contributed by atoms with E-state index in [0.29, 0.717) is 0 Å². The van der Waals surface area contributed by atoms with Crippen LogP contribution in [-0.4, -0.2) is 11.1 Å². The van der Waals surface area contributed by atoms with Crippen LogP contribution in [0.2, 0.25) is 0 Å². The number of amides is 1. The Morgan fingerprint density at radius 1 is 1.88 bits per heavy atom. The molecule has 0 aliphatic heterocycles.